The van der Waals surface area contributed by atoms with E-state index in [0.717, 1.165) is 31.6 Å². The first-order valence-corrected chi connectivity index (χ1v) is 9.14. The predicted molar refractivity (Wildman–Crippen MR) is 102 cm³/mol. The van der Waals surface area contributed by atoms with Gasteiger partial charge in [0.2, 0.25) is 11.8 Å². The maximum Gasteiger partial charge on any atom is 0.228 e. The average molecular weight is 380 g/mol. The van der Waals surface area contributed by atoms with Gasteiger partial charge in [0.25, 0.3) is 0 Å². The van der Waals surface area contributed by atoms with Gasteiger partial charge in [-0.25, -0.2) is 0 Å². The molecule has 3 atom stereocenters. The quantitative estimate of drug-likeness (QED) is 0.870. The molecule has 1 aromatic carbocycles. The van der Waals surface area contributed by atoms with Crippen LogP contribution in [0, 0.1) is 5.92 Å². The summed E-state index contributed by atoms with van der Waals surface area (Å²) in [6, 6.07) is 8.45. The summed E-state index contributed by atoms with van der Waals surface area (Å²) in [6.45, 7) is 2.01. The lowest BCUT2D eigenvalue weighted by Gasteiger charge is -2.27. The molecule has 1 aromatic rings. The van der Waals surface area contributed by atoms with Crippen molar-refractivity contribution in [2.75, 3.05) is 31.6 Å². The Bertz CT molecular complexity index is 684. The van der Waals surface area contributed by atoms with Crippen molar-refractivity contribution in [1.29, 1.82) is 0 Å². The van der Waals surface area contributed by atoms with Crippen LogP contribution in [-0.2, 0) is 9.59 Å². The molecule has 142 valence electrons. The van der Waals surface area contributed by atoms with Gasteiger partial charge in [0, 0.05) is 38.1 Å². The van der Waals surface area contributed by atoms with E-state index in [1.54, 1.807) is 12.0 Å². The van der Waals surface area contributed by atoms with E-state index in [4.69, 9.17) is 4.74 Å². The maximum atomic E-state index is 13.0. The Morgan fingerprint density at radius 1 is 1.15 bits per heavy atom. The second kappa shape index (κ2) is 7.84. The molecular formula is C19H26ClN3O3. The van der Waals surface area contributed by atoms with Gasteiger partial charge in [0.05, 0.1) is 18.7 Å². The van der Waals surface area contributed by atoms with E-state index >= 15 is 0 Å². The summed E-state index contributed by atoms with van der Waals surface area (Å²) >= 11 is 0. The number of nitrogens with one attached hydrogen (secondary N) is 1. The molecule has 3 fully saturated rings. The van der Waals surface area contributed by atoms with E-state index in [-0.39, 0.29) is 36.6 Å². The normalized spacial score (nSPS) is 27.9. The van der Waals surface area contributed by atoms with Gasteiger partial charge in [0.1, 0.15) is 5.75 Å². The second-order valence-electron chi connectivity index (χ2n) is 7.29. The second-order valence-corrected chi connectivity index (χ2v) is 7.29. The minimum atomic E-state index is -0.256. The Balaban J connectivity index is 0.00000196. The number of fused-ring (bicyclic) bond motifs is 2. The summed E-state index contributed by atoms with van der Waals surface area (Å²) in [4.78, 5) is 29.2. The minimum absolute atomic E-state index is 0. The third-order valence-corrected chi connectivity index (χ3v) is 5.69. The van der Waals surface area contributed by atoms with Crippen LogP contribution in [-0.4, -0.2) is 55.5 Å². The van der Waals surface area contributed by atoms with Crippen LogP contribution in [0.3, 0.4) is 0 Å². The number of nitrogens with zero attached hydrogens (tertiary/aromatic N) is 2. The van der Waals surface area contributed by atoms with E-state index in [2.05, 4.69) is 5.32 Å². The number of anilines is 1. The van der Waals surface area contributed by atoms with Crippen molar-refractivity contribution in [3.8, 4) is 5.75 Å². The summed E-state index contributed by atoms with van der Waals surface area (Å²) in [5.41, 5.74) is 0.752. The van der Waals surface area contributed by atoms with Crippen LogP contribution in [0.15, 0.2) is 24.3 Å². The van der Waals surface area contributed by atoms with Crippen molar-refractivity contribution in [3.63, 3.8) is 0 Å². The summed E-state index contributed by atoms with van der Waals surface area (Å²) in [6.07, 6.45) is 3.66. The minimum Gasteiger partial charge on any atom is -0.495 e. The molecule has 2 bridgehead atoms. The number of carbonyl (C=O) groups is 2. The maximum absolute atomic E-state index is 13.0. The monoisotopic (exact) mass is 379 g/mol. The molecule has 0 saturated carbocycles. The first-order chi connectivity index (χ1) is 12.2. The van der Waals surface area contributed by atoms with Gasteiger partial charge in [-0.3, -0.25) is 9.59 Å². The Morgan fingerprint density at radius 3 is 2.73 bits per heavy atom. The van der Waals surface area contributed by atoms with E-state index < -0.39 is 0 Å². The molecule has 3 aliphatic rings. The third kappa shape index (κ3) is 3.53. The number of ether oxygens (including phenoxy) is 1. The van der Waals surface area contributed by atoms with Crippen molar-refractivity contribution >= 4 is 29.9 Å². The van der Waals surface area contributed by atoms with Crippen LogP contribution in [0.4, 0.5) is 5.69 Å². The third-order valence-electron chi connectivity index (χ3n) is 5.69. The van der Waals surface area contributed by atoms with Gasteiger partial charge in [-0.2, -0.15) is 0 Å². The zero-order valence-corrected chi connectivity index (χ0v) is 15.8. The van der Waals surface area contributed by atoms with Crippen LogP contribution in [0.1, 0.15) is 25.7 Å². The highest BCUT2D eigenvalue weighted by Gasteiger charge is 2.40. The molecule has 4 rings (SSSR count). The lowest BCUT2D eigenvalue weighted by molar-refractivity contribution is -0.136. The number of methoxy groups -OCH3 is 1. The molecule has 0 aromatic heterocycles. The van der Waals surface area contributed by atoms with Gasteiger partial charge in [-0.05, 0) is 31.4 Å². The highest BCUT2D eigenvalue weighted by molar-refractivity contribution is 6.01. The summed E-state index contributed by atoms with van der Waals surface area (Å²) in [5.74, 6) is 0.534. The molecule has 26 heavy (non-hydrogen) atoms. The lowest BCUT2D eigenvalue weighted by atomic mass is 10.0. The summed E-state index contributed by atoms with van der Waals surface area (Å²) < 4.78 is 5.37. The van der Waals surface area contributed by atoms with E-state index in [1.165, 1.54) is 6.42 Å². The molecule has 6 nitrogen and oxygen atoms in total. The number of para-hydroxylation sites is 2. The highest BCUT2D eigenvalue weighted by Crippen LogP contribution is 2.33. The number of hydrogen-bond acceptors (Lipinski definition) is 4. The van der Waals surface area contributed by atoms with Gasteiger partial charge in [-0.15, -0.1) is 12.4 Å². The van der Waals surface area contributed by atoms with Crippen LogP contribution in [0.25, 0.3) is 0 Å². The van der Waals surface area contributed by atoms with Gasteiger partial charge in [-0.1, -0.05) is 12.1 Å². The molecule has 0 aliphatic carbocycles. The molecule has 7 heteroatoms. The van der Waals surface area contributed by atoms with Gasteiger partial charge in [0.15, 0.2) is 0 Å². The smallest absolute Gasteiger partial charge is 0.228 e. The highest BCUT2D eigenvalue weighted by atomic mass is 35.5. The molecule has 0 spiro atoms. The van der Waals surface area contributed by atoms with Crippen molar-refractivity contribution in [2.45, 2.75) is 37.8 Å². The van der Waals surface area contributed by atoms with E-state index in [9.17, 15) is 9.59 Å². The largest absolute Gasteiger partial charge is 0.495 e. The molecule has 3 heterocycles. The van der Waals surface area contributed by atoms with Crippen LogP contribution in [0.5, 0.6) is 5.75 Å². The summed E-state index contributed by atoms with van der Waals surface area (Å²) in [7, 11) is 1.60. The number of hydrogen-bond donors (Lipinski definition) is 1. The standard InChI is InChI=1S/C19H25N3O3.ClH/c1-25-17-5-3-2-4-16(17)22-11-13(10-18(22)23)19(24)21-9-8-14-6-7-15(12-21)20-14;/h2-5,13-15,20H,6-12H2,1H3;1H. The van der Waals surface area contributed by atoms with Crippen molar-refractivity contribution < 1.29 is 14.3 Å². The zero-order chi connectivity index (χ0) is 17.4. The molecule has 2 amide bonds. The first kappa shape index (κ1) is 19.0. The average Bonchev–Trinajstić information content (AvgIpc) is 3.16. The molecule has 0 radical (unpaired) electrons. The molecule has 3 aliphatic heterocycles. The van der Waals surface area contributed by atoms with Crippen molar-refractivity contribution in [1.82, 2.24) is 10.2 Å². The van der Waals surface area contributed by atoms with Crippen molar-refractivity contribution in [3.05, 3.63) is 24.3 Å². The molecule has 1 N–H and O–H groups in total. The fourth-order valence-corrected chi connectivity index (χ4v) is 4.36. The SMILES string of the molecule is COc1ccccc1N1CC(C(=O)N2CCC3CCC(C2)N3)CC1=O.Cl. The zero-order valence-electron chi connectivity index (χ0n) is 15.0. The van der Waals surface area contributed by atoms with Crippen LogP contribution >= 0.6 is 12.4 Å². The van der Waals surface area contributed by atoms with Crippen LogP contribution < -0.4 is 15.0 Å². The Hall–Kier alpha value is -1.79. The number of carbonyl (C=O) groups excluding carboxylic acids is 2. The van der Waals surface area contributed by atoms with Gasteiger partial charge < -0.3 is 19.9 Å². The Labute approximate surface area is 160 Å². The number of benzene rings is 1. The number of amides is 2. The fraction of sp³-hybridized carbons (Fsp3) is 0.579. The number of rotatable bonds is 3. The fourth-order valence-electron chi connectivity index (χ4n) is 4.36. The van der Waals surface area contributed by atoms with Crippen molar-refractivity contribution in [2.24, 2.45) is 5.92 Å². The van der Waals surface area contributed by atoms with Gasteiger partial charge >= 0.3 is 0 Å². The number of likely N-dealkylation sites (tertiary alicyclic amines) is 1. The topological polar surface area (TPSA) is 61.9 Å². The van der Waals surface area contributed by atoms with Crippen LogP contribution in [0.2, 0.25) is 0 Å². The van der Waals surface area contributed by atoms with E-state index in [1.807, 2.05) is 29.2 Å². The summed E-state index contributed by atoms with van der Waals surface area (Å²) in [5, 5.41) is 3.60. The number of halogens is 1. The Kier molecular flexibility index (Phi) is 5.73. The molecular weight excluding hydrogens is 354 g/mol. The Morgan fingerprint density at radius 2 is 1.92 bits per heavy atom. The lowest BCUT2D eigenvalue weighted by Crippen LogP contribution is -2.42. The molecule has 3 saturated heterocycles. The first-order valence-electron chi connectivity index (χ1n) is 9.14. The molecule has 3 unspecified atom stereocenters. The van der Waals surface area contributed by atoms with E-state index in [0.29, 0.717) is 24.4 Å². The predicted octanol–water partition coefficient (Wildman–Crippen LogP) is 1.82.